The van der Waals surface area contributed by atoms with Gasteiger partial charge in [0.1, 0.15) is 5.82 Å². The number of rotatable bonds is 5. The summed E-state index contributed by atoms with van der Waals surface area (Å²) >= 11 is 0. The average molecular weight is 391 g/mol. The Kier molecular flexibility index (Phi) is 6.88. The monoisotopic (exact) mass is 391 g/mol. The molecule has 3 rings (SSSR count). The van der Waals surface area contributed by atoms with Gasteiger partial charge >= 0.3 is 5.97 Å². The number of benzene rings is 1. The number of esters is 1. The van der Waals surface area contributed by atoms with Gasteiger partial charge in [0.2, 0.25) is 5.91 Å². The maximum Gasteiger partial charge on any atom is 0.310 e. The molecular weight excluding hydrogens is 361 g/mol. The first-order valence-electron chi connectivity index (χ1n) is 10.2. The molecule has 0 saturated carbocycles. The van der Waals surface area contributed by atoms with Crippen molar-refractivity contribution in [3.05, 3.63) is 30.1 Å². The van der Waals surface area contributed by atoms with E-state index in [2.05, 4.69) is 9.80 Å². The minimum atomic E-state index is -0.232. The minimum Gasteiger partial charge on any atom is -0.466 e. The number of hydrogen-bond donors (Lipinski definition) is 0. The Morgan fingerprint density at radius 2 is 1.82 bits per heavy atom. The van der Waals surface area contributed by atoms with Gasteiger partial charge in [-0.25, -0.2) is 4.39 Å². The molecule has 1 amide bonds. The highest BCUT2D eigenvalue weighted by atomic mass is 19.1. The first-order chi connectivity index (χ1) is 13.5. The summed E-state index contributed by atoms with van der Waals surface area (Å²) in [5.74, 6) is -0.547. The Labute approximate surface area is 166 Å². The van der Waals surface area contributed by atoms with Crippen molar-refractivity contribution in [2.45, 2.75) is 32.7 Å². The lowest BCUT2D eigenvalue weighted by Gasteiger charge is -2.41. The second kappa shape index (κ2) is 9.37. The van der Waals surface area contributed by atoms with Gasteiger partial charge in [0.05, 0.1) is 18.6 Å². The van der Waals surface area contributed by atoms with Crippen molar-refractivity contribution >= 4 is 17.6 Å². The summed E-state index contributed by atoms with van der Waals surface area (Å²) in [6.45, 7) is 8.44. The van der Waals surface area contributed by atoms with E-state index >= 15 is 0 Å². The van der Waals surface area contributed by atoms with E-state index in [1.54, 1.807) is 19.1 Å². The van der Waals surface area contributed by atoms with Gasteiger partial charge in [-0.2, -0.15) is 0 Å². The van der Waals surface area contributed by atoms with Crippen molar-refractivity contribution in [3.8, 4) is 0 Å². The summed E-state index contributed by atoms with van der Waals surface area (Å²) in [6.07, 6.45) is 1.62. The van der Waals surface area contributed by atoms with Crippen LogP contribution in [0.2, 0.25) is 0 Å². The molecule has 28 heavy (non-hydrogen) atoms. The molecule has 2 atom stereocenters. The van der Waals surface area contributed by atoms with Crippen LogP contribution in [-0.2, 0) is 14.3 Å². The largest absolute Gasteiger partial charge is 0.466 e. The fourth-order valence-electron chi connectivity index (χ4n) is 4.07. The second-order valence-electron chi connectivity index (χ2n) is 7.55. The molecule has 0 bridgehead atoms. The maximum atomic E-state index is 13.1. The summed E-state index contributed by atoms with van der Waals surface area (Å²) in [5.41, 5.74) is 1.01. The third kappa shape index (κ3) is 4.82. The topological polar surface area (TPSA) is 53.1 Å². The van der Waals surface area contributed by atoms with Crippen molar-refractivity contribution in [1.29, 1.82) is 0 Å². The zero-order chi connectivity index (χ0) is 20.1. The number of hydrogen-bond acceptors (Lipinski definition) is 5. The minimum absolute atomic E-state index is 0.0873. The lowest BCUT2D eigenvalue weighted by Crippen LogP contribution is -2.56. The van der Waals surface area contributed by atoms with E-state index in [0.717, 1.165) is 44.7 Å². The number of carbonyl (C=O) groups is 2. The molecular formula is C21H30FN3O3. The second-order valence-corrected chi connectivity index (χ2v) is 7.55. The SMILES string of the molecule is CCOC(=O)C1CCCN(C(=O)C(C)N2CCN(c3ccc(F)cc3)CC2)C1. The van der Waals surface area contributed by atoms with Crippen LogP contribution in [0.5, 0.6) is 0 Å². The van der Waals surface area contributed by atoms with E-state index in [1.165, 1.54) is 12.1 Å². The van der Waals surface area contributed by atoms with Crippen molar-refractivity contribution in [1.82, 2.24) is 9.80 Å². The molecule has 6 nitrogen and oxygen atoms in total. The van der Waals surface area contributed by atoms with E-state index in [0.29, 0.717) is 19.7 Å². The molecule has 2 fully saturated rings. The fraction of sp³-hybridized carbons (Fsp3) is 0.619. The van der Waals surface area contributed by atoms with Gasteiger partial charge in [-0.15, -0.1) is 0 Å². The highest BCUT2D eigenvalue weighted by molar-refractivity contribution is 5.82. The Morgan fingerprint density at radius 3 is 2.46 bits per heavy atom. The Hall–Kier alpha value is -2.15. The van der Waals surface area contributed by atoms with Crippen molar-refractivity contribution in [2.24, 2.45) is 5.92 Å². The number of nitrogens with zero attached hydrogens (tertiary/aromatic N) is 3. The zero-order valence-corrected chi connectivity index (χ0v) is 16.8. The average Bonchev–Trinajstić information content (AvgIpc) is 2.73. The van der Waals surface area contributed by atoms with Crippen molar-refractivity contribution in [3.63, 3.8) is 0 Å². The first-order valence-corrected chi connectivity index (χ1v) is 10.2. The van der Waals surface area contributed by atoms with E-state index in [4.69, 9.17) is 4.74 Å². The maximum absolute atomic E-state index is 13.1. The number of piperidine rings is 1. The molecule has 0 radical (unpaired) electrons. The molecule has 2 aliphatic rings. The molecule has 2 aliphatic heterocycles. The molecule has 1 aromatic rings. The lowest BCUT2D eigenvalue weighted by molar-refractivity contribution is -0.152. The molecule has 154 valence electrons. The fourth-order valence-corrected chi connectivity index (χ4v) is 4.07. The standard InChI is InChI=1S/C21H30FN3O3/c1-3-28-21(27)17-5-4-10-25(15-17)20(26)16(2)23-11-13-24(14-12-23)19-8-6-18(22)7-9-19/h6-9,16-17H,3-5,10-15H2,1-2H3. The van der Waals surface area contributed by atoms with Crippen LogP contribution in [0.25, 0.3) is 0 Å². The van der Waals surface area contributed by atoms with E-state index in [-0.39, 0.29) is 29.7 Å². The van der Waals surface area contributed by atoms with Crippen molar-refractivity contribution < 1.29 is 18.7 Å². The van der Waals surface area contributed by atoms with Gasteiger partial charge < -0.3 is 14.5 Å². The smallest absolute Gasteiger partial charge is 0.310 e. The normalized spacial score (nSPS) is 22.0. The van der Waals surface area contributed by atoms with E-state index < -0.39 is 0 Å². The quantitative estimate of drug-likeness (QED) is 0.720. The molecule has 7 heteroatoms. The predicted octanol–water partition coefficient (Wildman–Crippen LogP) is 2.14. The molecule has 2 saturated heterocycles. The summed E-state index contributed by atoms with van der Waals surface area (Å²) in [5, 5.41) is 0. The van der Waals surface area contributed by atoms with Gasteiger partial charge in [0, 0.05) is 45.0 Å². The number of likely N-dealkylation sites (tertiary alicyclic amines) is 1. The Bertz CT molecular complexity index is 674. The number of carbonyl (C=O) groups excluding carboxylic acids is 2. The van der Waals surface area contributed by atoms with Gasteiger partial charge in [0.15, 0.2) is 0 Å². The summed E-state index contributed by atoms with van der Waals surface area (Å²) < 4.78 is 18.2. The summed E-state index contributed by atoms with van der Waals surface area (Å²) in [4.78, 5) is 31.2. The van der Waals surface area contributed by atoms with Gasteiger partial charge in [-0.3, -0.25) is 14.5 Å². The van der Waals surface area contributed by atoms with Crippen LogP contribution < -0.4 is 4.90 Å². The van der Waals surface area contributed by atoms with Crippen LogP contribution in [0.3, 0.4) is 0 Å². The highest BCUT2D eigenvalue weighted by Crippen LogP contribution is 2.21. The molecule has 1 aromatic carbocycles. The Morgan fingerprint density at radius 1 is 1.14 bits per heavy atom. The van der Waals surface area contributed by atoms with Gasteiger partial charge in [-0.1, -0.05) is 0 Å². The van der Waals surface area contributed by atoms with Gasteiger partial charge in [0.25, 0.3) is 0 Å². The van der Waals surface area contributed by atoms with Crippen LogP contribution in [0.15, 0.2) is 24.3 Å². The Balaban J connectivity index is 1.52. The summed E-state index contributed by atoms with van der Waals surface area (Å²) in [6, 6.07) is 6.33. The number of amides is 1. The van der Waals surface area contributed by atoms with Crippen LogP contribution in [0.1, 0.15) is 26.7 Å². The lowest BCUT2D eigenvalue weighted by atomic mass is 9.97. The molecule has 0 aliphatic carbocycles. The van der Waals surface area contributed by atoms with Crippen LogP contribution in [0, 0.1) is 11.7 Å². The zero-order valence-electron chi connectivity index (χ0n) is 16.8. The molecule has 0 aromatic heterocycles. The highest BCUT2D eigenvalue weighted by Gasteiger charge is 2.34. The predicted molar refractivity (Wildman–Crippen MR) is 106 cm³/mol. The third-order valence-corrected chi connectivity index (χ3v) is 5.76. The molecule has 2 heterocycles. The van der Waals surface area contributed by atoms with Gasteiger partial charge in [-0.05, 0) is 51.0 Å². The molecule has 0 N–H and O–H groups in total. The summed E-state index contributed by atoms with van der Waals surface area (Å²) in [7, 11) is 0. The molecule has 2 unspecified atom stereocenters. The van der Waals surface area contributed by atoms with Crippen LogP contribution in [0.4, 0.5) is 10.1 Å². The number of piperazine rings is 1. The van der Waals surface area contributed by atoms with Crippen LogP contribution in [-0.4, -0.2) is 73.6 Å². The van der Waals surface area contributed by atoms with E-state index in [1.807, 2.05) is 11.8 Å². The molecule has 0 spiro atoms. The first kappa shape index (κ1) is 20.6. The number of anilines is 1. The van der Waals surface area contributed by atoms with E-state index in [9.17, 15) is 14.0 Å². The number of ether oxygens (including phenoxy) is 1. The van der Waals surface area contributed by atoms with Crippen LogP contribution >= 0.6 is 0 Å². The van der Waals surface area contributed by atoms with Crippen molar-refractivity contribution in [2.75, 3.05) is 50.8 Å². The number of halogens is 1. The third-order valence-electron chi connectivity index (χ3n) is 5.76.